The van der Waals surface area contributed by atoms with Crippen molar-refractivity contribution < 1.29 is 14.4 Å². The topological polar surface area (TPSA) is 52.6 Å². The minimum atomic E-state index is -1.08. The van der Waals surface area contributed by atoms with Crippen LogP contribution in [-0.4, -0.2) is 68.0 Å². The van der Waals surface area contributed by atoms with Crippen molar-refractivity contribution in [3.05, 3.63) is 0 Å². The van der Waals surface area contributed by atoms with E-state index in [-0.39, 0.29) is 0 Å². The molecule has 2 N–H and O–H groups in total. The van der Waals surface area contributed by atoms with Crippen LogP contribution in [0.4, 0.5) is 0 Å². The van der Waals surface area contributed by atoms with Gasteiger partial charge in [0.2, 0.25) is 0 Å². The lowest BCUT2D eigenvalue weighted by Crippen LogP contribution is -2.76. The van der Waals surface area contributed by atoms with Gasteiger partial charge in [-0.05, 0) is 20.5 Å². The standard InChI is InChI=1S/C12H27N3O2/c1-7-8-9-10-13-12(11(16)17,14(2)3)15(4,5)6/h13H,7-10H2,1-6H3/p+1. The lowest BCUT2D eigenvalue weighted by molar-refractivity contribution is -0.930. The highest BCUT2D eigenvalue weighted by atomic mass is 16.4. The van der Waals surface area contributed by atoms with Gasteiger partial charge in [0.05, 0.1) is 21.1 Å². The Morgan fingerprint density at radius 2 is 1.82 bits per heavy atom. The van der Waals surface area contributed by atoms with E-state index in [0.717, 1.165) is 19.3 Å². The third-order valence-electron chi connectivity index (χ3n) is 3.07. The summed E-state index contributed by atoms with van der Waals surface area (Å²) in [6.07, 6.45) is 3.25. The van der Waals surface area contributed by atoms with E-state index in [1.807, 2.05) is 21.1 Å². The molecule has 0 saturated carbocycles. The molecule has 0 amide bonds. The molecule has 0 fully saturated rings. The average molecular weight is 246 g/mol. The number of aliphatic carboxylic acids is 1. The Morgan fingerprint density at radius 1 is 1.29 bits per heavy atom. The van der Waals surface area contributed by atoms with Gasteiger partial charge in [-0.2, -0.15) is 0 Å². The van der Waals surface area contributed by atoms with E-state index in [1.54, 1.807) is 19.0 Å². The van der Waals surface area contributed by atoms with Crippen LogP contribution in [-0.2, 0) is 4.79 Å². The fourth-order valence-electron chi connectivity index (χ4n) is 2.19. The van der Waals surface area contributed by atoms with Crippen molar-refractivity contribution in [2.24, 2.45) is 0 Å². The summed E-state index contributed by atoms with van der Waals surface area (Å²) in [6, 6.07) is 0. The first kappa shape index (κ1) is 16.4. The van der Waals surface area contributed by atoms with Crippen molar-refractivity contribution in [3.8, 4) is 0 Å². The molecule has 0 aromatic carbocycles. The molecule has 5 heteroatoms. The van der Waals surface area contributed by atoms with Crippen molar-refractivity contribution in [1.82, 2.24) is 10.2 Å². The number of carbonyl (C=O) groups is 1. The molecule has 0 bridgehead atoms. The fraction of sp³-hybridized carbons (Fsp3) is 0.917. The maximum absolute atomic E-state index is 11.7. The minimum absolute atomic E-state index is 0.307. The van der Waals surface area contributed by atoms with Gasteiger partial charge in [-0.25, -0.2) is 15.0 Å². The number of carboxylic acids is 1. The molecular weight excluding hydrogens is 218 g/mol. The van der Waals surface area contributed by atoms with Crippen molar-refractivity contribution in [1.29, 1.82) is 0 Å². The highest BCUT2D eigenvalue weighted by Gasteiger charge is 2.52. The predicted molar refractivity (Wildman–Crippen MR) is 69.6 cm³/mol. The van der Waals surface area contributed by atoms with Gasteiger partial charge in [0.15, 0.2) is 0 Å². The van der Waals surface area contributed by atoms with Gasteiger partial charge in [0.25, 0.3) is 0 Å². The van der Waals surface area contributed by atoms with Crippen LogP contribution in [0.2, 0.25) is 0 Å². The molecule has 0 aliphatic carbocycles. The van der Waals surface area contributed by atoms with E-state index >= 15 is 0 Å². The number of nitrogens with one attached hydrogen (secondary N) is 1. The summed E-state index contributed by atoms with van der Waals surface area (Å²) in [7, 11) is 9.26. The lowest BCUT2D eigenvalue weighted by Gasteiger charge is -2.46. The third kappa shape index (κ3) is 3.66. The Bertz CT molecular complexity index is 249. The van der Waals surface area contributed by atoms with E-state index < -0.39 is 11.8 Å². The highest BCUT2D eigenvalue weighted by Crippen LogP contribution is 2.19. The average Bonchev–Trinajstić information content (AvgIpc) is 2.14. The molecule has 17 heavy (non-hydrogen) atoms. The number of unbranched alkanes of at least 4 members (excludes halogenated alkanes) is 2. The van der Waals surface area contributed by atoms with Crippen LogP contribution >= 0.6 is 0 Å². The molecule has 0 aliphatic rings. The highest BCUT2D eigenvalue weighted by molar-refractivity contribution is 5.76. The SMILES string of the molecule is CCCCCNC(C(=O)O)(N(C)C)[N+](C)(C)C. The normalized spacial score (nSPS) is 15.9. The molecule has 5 nitrogen and oxygen atoms in total. The number of hydrogen-bond donors (Lipinski definition) is 2. The second-order valence-corrected chi connectivity index (χ2v) is 5.52. The molecule has 0 rings (SSSR count). The van der Waals surface area contributed by atoms with E-state index in [2.05, 4.69) is 12.2 Å². The van der Waals surface area contributed by atoms with Crippen LogP contribution in [0.15, 0.2) is 0 Å². The summed E-state index contributed by atoms with van der Waals surface area (Å²) in [6.45, 7) is 2.85. The van der Waals surface area contributed by atoms with Crippen molar-refractivity contribution in [3.63, 3.8) is 0 Å². The molecular formula is C12H28N3O2+. The van der Waals surface area contributed by atoms with Gasteiger partial charge in [0.1, 0.15) is 0 Å². The summed E-state index contributed by atoms with van der Waals surface area (Å²) in [5, 5.41) is 12.8. The summed E-state index contributed by atoms with van der Waals surface area (Å²) in [5.74, 6) is -1.92. The molecule has 0 saturated heterocycles. The Balaban J connectivity index is 4.89. The van der Waals surface area contributed by atoms with Crippen LogP contribution in [0.1, 0.15) is 26.2 Å². The van der Waals surface area contributed by atoms with Crippen LogP contribution in [0.5, 0.6) is 0 Å². The lowest BCUT2D eigenvalue weighted by atomic mass is 10.2. The van der Waals surface area contributed by atoms with E-state index in [0.29, 0.717) is 11.0 Å². The zero-order valence-corrected chi connectivity index (χ0v) is 12.1. The van der Waals surface area contributed by atoms with Crippen molar-refractivity contribution >= 4 is 5.97 Å². The van der Waals surface area contributed by atoms with Gasteiger partial charge < -0.3 is 5.11 Å². The molecule has 102 valence electrons. The summed E-state index contributed by atoms with van der Waals surface area (Å²) >= 11 is 0. The quantitative estimate of drug-likeness (QED) is 0.377. The Morgan fingerprint density at radius 3 is 2.12 bits per heavy atom. The molecule has 1 unspecified atom stereocenters. The minimum Gasteiger partial charge on any atom is -0.474 e. The molecule has 0 aromatic heterocycles. The third-order valence-corrected chi connectivity index (χ3v) is 3.07. The maximum atomic E-state index is 11.7. The first-order valence-corrected chi connectivity index (χ1v) is 6.17. The number of nitrogens with zero attached hydrogens (tertiary/aromatic N) is 2. The Kier molecular flexibility index (Phi) is 6.09. The largest absolute Gasteiger partial charge is 0.474 e. The van der Waals surface area contributed by atoms with Gasteiger partial charge in [0, 0.05) is 6.54 Å². The molecule has 0 aliphatic heterocycles. The predicted octanol–water partition coefficient (Wildman–Crippen LogP) is 0.772. The Labute approximate surface area is 105 Å². The number of likely N-dealkylation sites (N-methyl/N-ethyl adjacent to an activating group) is 2. The van der Waals surface area contributed by atoms with Crippen LogP contribution in [0.3, 0.4) is 0 Å². The van der Waals surface area contributed by atoms with E-state index in [4.69, 9.17) is 0 Å². The Hall–Kier alpha value is -0.650. The molecule has 0 aromatic rings. The smallest absolute Gasteiger partial charge is 0.399 e. The monoisotopic (exact) mass is 246 g/mol. The van der Waals surface area contributed by atoms with Crippen LogP contribution in [0, 0.1) is 0 Å². The summed E-state index contributed by atoms with van der Waals surface area (Å²) in [4.78, 5) is 13.4. The number of carboxylic acid groups (broad SMARTS) is 1. The van der Waals surface area contributed by atoms with E-state index in [1.165, 1.54) is 0 Å². The van der Waals surface area contributed by atoms with E-state index in [9.17, 15) is 9.90 Å². The first-order chi connectivity index (χ1) is 7.70. The first-order valence-electron chi connectivity index (χ1n) is 6.17. The maximum Gasteiger partial charge on any atom is 0.399 e. The zero-order chi connectivity index (χ0) is 13.7. The van der Waals surface area contributed by atoms with Crippen LogP contribution < -0.4 is 5.32 Å². The van der Waals surface area contributed by atoms with Gasteiger partial charge in [-0.1, -0.05) is 19.8 Å². The summed E-state index contributed by atoms with van der Waals surface area (Å²) in [5.41, 5.74) is 0. The zero-order valence-electron chi connectivity index (χ0n) is 12.1. The number of quaternary nitrogens is 1. The molecule has 0 spiro atoms. The van der Waals surface area contributed by atoms with Gasteiger partial charge >= 0.3 is 11.8 Å². The molecule has 0 heterocycles. The molecule has 0 radical (unpaired) electrons. The van der Waals surface area contributed by atoms with Crippen LogP contribution in [0.25, 0.3) is 0 Å². The second kappa shape index (κ2) is 6.33. The van der Waals surface area contributed by atoms with Gasteiger partial charge in [-0.15, -0.1) is 0 Å². The van der Waals surface area contributed by atoms with Crippen molar-refractivity contribution in [2.45, 2.75) is 32.0 Å². The van der Waals surface area contributed by atoms with Gasteiger partial charge in [-0.3, -0.25) is 4.48 Å². The van der Waals surface area contributed by atoms with Crippen molar-refractivity contribution in [2.75, 3.05) is 41.8 Å². The summed E-state index contributed by atoms with van der Waals surface area (Å²) < 4.78 is 0.307. The fourth-order valence-corrected chi connectivity index (χ4v) is 2.19. The second-order valence-electron chi connectivity index (χ2n) is 5.52. The number of rotatable bonds is 8. The number of hydrogen-bond acceptors (Lipinski definition) is 3. The molecule has 1 atom stereocenters.